The molecule has 2 rings (SSSR count). The summed E-state index contributed by atoms with van der Waals surface area (Å²) in [5.41, 5.74) is -1.10. The van der Waals surface area contributed by atoms with Crippen molar-refractivity contribution in [3.63, 3.8) is 0 Å². The summed E-state index contributed by atoms with van der Waals surface area (Å²) in [6, 6.07) is 2.13. The number of nitrogens with one attached hydrogen (secondary N) is 1. The molecule has 0 aliphatic rings. The Bertz CT molecular complexity index is 664. The van der Waals surface area contributed by atoms with E-state index in [2.05, 4.69) is 10.3 Å². The third-order valence-electron chi connectivity index (χ3n) is 2.78. The molecule has 0 aliphatic heterocycles. The standard InChI is InChI=1S/C13H10F4N2O2/c1-7-11(19-6-21-7)12(20)18-5-8-2-3-9(4-10(8)14)13(15,16)17/h2-4,6H,5H2,1H3,(H,18,20). The molecule has 21 heavy (non-hydrogen) atoms. The number of carbonyl (C=O) groups excluding carboxylic acids is 1. The quantitative estimate of drug-likeness (QED) is 0.887. The monoisotopic (exact) mass is 302 g/mol. The zero-order chi connectivity index (χ0) is 15.6. The molecule has 0 saturated carbocycles. The van der Waals surface area contributed by atoms with E-state index in [9.17, 15) is 22.4 Å². The lowest BCUT2D eigenvalue weighted by Crippen LogP contribution is -2.24. The van der Waals surface area contributed by atoms with Gasteiger partial charge in [-0.2, -0.15) is 13.2 Å². The average molecular weight is 302 g/mol. The Morgan fingerprint density at radius 1 is 1.38 bits per heavy atom. The van der Waals surface area contributed by atoms with Crippen LogP contribution in [0.1, 0.15) is 27.4 Å². The van der Waals surface area contributed by atoms with Crippen LogP contribution in [-0.4, -0.2) is 10.9 Å². The Kier molecular flexibility index (Phi) is 3.97. The largest absolute Gasteiger partial charge is 0.448 e. The number of hydrogen-bond acceptors (Lipinski definition) is 3. The van der Waals surface area contributed by atoms with Gasteiger partial charge in [-0.15, -0.1) is 0 Å². The summed E-state index contributed by atoms with van der Waals surface area (Å²) in [7, 11) is 0. The van der Waals surface area contributed by atoms with Gasteiger partial charge in [-0.1, -0.05) is 6.07 Å². The van der Waals surface area contributed by atoms with Crippen LogP contribution >= 0.6 is 0 Å². The number of aromatic nitrogens is 1. The smallest absolute Gasteiger partial charge is 0.416 e. The van der Waals surface area contributed by atoms with E-state index in [0.717, 1.165) is 18.5 Å². The minimum atomic E-state index is -4.61. The van der Waals surface area contributed by atoms with Crippen LogP contribution in [0.4, 0.5) is 17.6 Å². The number of carbonyl (C=O) groups is 1. The maximum Gasteiger partial charge on any atom is 0.416 e. The lowest BCUT2D eigenvalue weighted by molar-refractivity contribution is -0.137. The van der Waals surface area contributed by atoms with Crippen LogP contribution in [-0.2, 0) is 12.7 Å². The molecule has 0 aliphatic carbocycles. The summed E-state index contributed by atoms with van der Waals surface area (Å²) in [4.78, 5) is 15.4. The van der Waals surface area contributed by atoms with Gasteiger partial charge in [0.1, 0.15) is 11.6 Å². The number of aryl methyl sites for hydroxylation is 1. The number of benzene rings is 1. The van der Waals surface area contributed by atoms with Crippen LogP contribution < -0.4 is 5.32 Å². The van der Waals surface area contributed by atoms with Crippen LogP contribution in [0.2, 0.25) is 0 Å². The van der Waals surface area contributed by atoms with Crippen LogP contribution in [0, 0.1) is 12.7 Å². The van der Waals surface area contributed by atoms with E-state index in [0.29, 0.717) is 11.8 Å². The lowest BCUT2D eigenvalue weighted by Gasteiger charge is -2.09. The van der Waals surface area contributed by atoms with Gasteiger partial charge in [0.05, 0.1) is 5.56 Å². The van der Waals surface area contributed by atoms with Crippen molar-refractivity contribution in [3.8, 4) is 0 Å². The summed E-state index contributed by atoms with van der Waals surface area (Å²) in [6.45, 7) is 1.27. The van der Waals surface area contributed by atoms with E-state index in [1.54, 1.807) is 0 Å². The van der Waals surface area contributed by atoms with Gasteiger partial charge in [0.25, 0.3) is 5.91 Å². The molecule has 1 aromatic carbocycles. The summed E-state index contributed by atoms with van der Waals surface area (Å²) in [5.74, 6) is -1.34. The van der Waals surface area contributed by atoms with Gasteiger partial charge in [-0.25, -0.2) is 9.37 Å². The van der Waals surface area contributed by atoms with E-state index in [4.69, 9.17) is 4.42 Å². The van der Waals surface area contributed by atoms with Crippen LogP contribution in [0.3, 0.4) is 0 Å². The summed E-state index contributed by atoms with van der Waals surface area (Å²) in [6.07, 6.45) is -3.52. The molecular formula is C13H10F4N2O2. The van der Waals surface area contributed by atoms with Crippen molar-refractivity contribution >= 4 is 5.91 Å². The molecule has 0 saturated heterocycles. The first-order valence-electron chi connectivity index (χ1n) is 5.83. The molecule has 0 radical (unpaired) electrons. The fourth-order valence-electron chi connectivity index (χ4n) is 1.65. The first-order chi connectivity index (χ1) is 9.79. The van der Waals surface area contributed by atoms with Gasteiger partial charge in [0, 0.05) is 12.1 Å². The van der Waals surface area contributed by atoms with Crippen molar-refractivity contribution in [1.82, 2.24) is 10.3 Å². The summed E-state index contributed by atoms with van der Waals surface area (Å²) >= 11 is 0. The molecule has 0 bridgehead atoms. The fourth-order valence-corrected chi connectivity index (χ4v) is 1.65. The first kappa shape index (κ1) is 15.0. The van der Waals surface area contributed by atoms with Crippen LogP contribution in [0.25, 0.3) is 0 Å². The lowest BCUT2D eigenvalue weighted by atomic mass is 10.1. The third-order valence-corrected chi connectivity index (χ3v) is 2.78. The summed E-state index contributed by atoms with van der Waals surface area (Å²) < 4.78 is 55.6. The van der Waals surface area contributed by atoms with Gasteiger partial charge in [0.2, 0.25) is 0 Å². The number of alkyl halides is 3. The molecule has 1 aromatic heterocycles. The van der Waals surface area contributed by atoms with E-state index in [1.165, 1.54) is 6.92 Å². The zero-order valence-electron chi connectivity index (χ0n) is 10.8. The molecule has 0 fully saturated rings. The van der Waals surface area contributed by atoms with Crippen LogP contribution in [0.5, 0.6) is 0 Å². The average Bonchev–Trinajstić information content (AvgIpc) is 2.82. The van der Waals surface area contributed by atoms with Gasteiger partial charge >= 0.3 is 6.18 Å². The Balaban J connectivity index is 2.07. The molecule has 2 aromatic rings. The van der Waals surface area contributed by atoms with Crippen molar-refractivity contribution in [2.24, 2.45) is 0 Å². The Morgan fingerprint density at radius 3 is 2.62 bits per heavy atom. The highest BCUT2D eigenvalue weighted by Crippen LogP contribution is 2.30. The number of nitrogens with zero attached hydrogens (tertiary/aromatic N) is 1. The second kappa shape index (κ2) is 5.55. The predicted octanol–water partition coefficient (Wildman–Crippen LogP) is 3.07. The fraction of sp³-hybridized carbons (Fsp3) is 0.231. The zero-order valence-corrected chi connectivity index (χ0v) is 10.8. The molecule has 1 heterocycles. The van der Waals surface area contributed by atoms with Crippen molar-refractivity contribution in [1.29, 1.82) is 0 Å². The SMILES string of the molecule is Cc1ocnc1C(=O)NCc1ccc(C(F)(F)F)cc1F. The third kappa shape index (κ3) is 3.39. The minimum Gasteiger partial charge on any atom is -0.448 e. The number of halogens is 4. The Morgan fingerprint density at radius 2 is 2.10 bits per heavy atom. The molecule has 1 amide bonds. The minimum absolute atomic E-state index is 0.0438. The highest BCUT2D eigenvalue weighted by molar-refractivity contribution is 5.92. The number of hydrogen-bond donors (Lipinski definition) is 1. The molecule has 0 spiro atoms. The highest BCUT2D eigenvalue weighted by atomic mass is 19.4. The van der Waals surface area contributed by atoms with Crippen molar-refractivity contribution in [2.75, 3.05) is 0 Å². The van der Waals surface area contributed by atoms with Gasteiger partial charge in [-0.3, -0.25) is 4.79 Å². The van der Waals surface area contributed by atoms with Crippen LogP contribution in [0.15, 0.2) is 29.0 Å². The molecular weight excluding hydrogens is 292 g/mol. The van der Waals surface area contributed by atoms with E-state index in [-0.39, 0.29) is 17.8 Å². The number of oxazole rings is 1. The maximum atomic E-state index is 13.6. The maximum absolute atomic E-state index is 13.6. The second-order valence-electron chi connectivity index (χ2n) is 4.24. The topological polar surface area (TPSA) is 55.1 Å². The van der Waals surface area contributed by atoms with Gasteiger partial charge in [0.15, 0.2) is 12.1 Å². The normalized spacial score (nSPS) is 11.5. The molecule has 112 valence electrons. The van der Waals surface area contributed by atoms with Crippen molar-refractivity contribution in [3.05, 3.63) is 53.0 Å². The first-order valence-corrected chi connectivity index (χ1v) is 5.83. The van der Waals surface area contributed by atoms with Gasteiger partial charge < -0.3 is 9.73 Å². The Hall–Kier alpha value is -2.38. The van der Waals surface area contributed by atoms with Crippen molar-refractivity contribution < 1.29 is 26.8 Å². The van der Waals surface area contributed by atoms with E-state index < -0.39 is 23.5 Å². The van der Waals surface area contributed by atoms with Gasteiger partial charge in [-0.05, 0) is 19.1 Å². The second-order valence-corrected chi connectivity index (χ2v) is 4.24. The molecule has 4 nitrogen and oxygen atoms in total. The summed E-state index contributed by atoms with van der Waals surface area (Å²) in [5, 5.41) is 2.36. The van der Waals surface area contributed by atoms with Crippen molar-refractivity contribution in [2.45, 2.75) is 19.6 Å². The number of rotatable bonds is 3. The van der Waals surface area contributed by atoms with E-state index >= 15 is 0 Å². The molecule has 0 unspecified atom stereocenters. The molecule has 8 heteroatoms. The number of amides is 1. The highest BCUT2D eigenvalue weighted by Gasteiger charge is 2.31. The molecule has 0 atom stereocenters. The molecule has 1 N–H and O–H groups in total. The Labute approximate surface area is 116 Å². The van der Waals surface area contributed by atoms with E-state index in [1.807, 2.05) is 0 Å². The predicted molar refractivity (Wildman–Crippen MR) is 63.8 cm³/mol.